The minimum Gasteiger partial charge on any atom is -0.353 e. The average molecular weight is 396 g/mol. The average Bonchev–Trinajstić information content (AvgIpc) is 3.53. The van der Waals surface area contributed by atoms with Gasteiger partial charge in [0.2, 0.25) is 5.91 Å². The van der Waals surface area contributed by atoms with Crippen molar-refractivity contribution < 1.29 is 9.59 Å². The van der Waals surface area contributed by atoms with Crippen molar-refractivity contribution in [1.29, 1.82) is 0 Å². The molecule has 1 unspecified atom stereocenters. The zero-order valence-electron chi connectivity index (χ0n) is 17.1. The van der Waals surface area contributed by atoms with E-state index in [1.165, 1.54) is 4.68 Å². The number of carbonyl (C=O) groups excluding carboxylic acids is 2. The van der Waals surface area contributed by atoms with Gasteiger partial charge >= 0.3 is 0 Å². The Bertz CT molecular complexity index is 993. The van der Waals surface area contributed by atoms with Gasteiger partial charge in [-0.25, -0.2) is 4.68 Å². The first kappa shape index (κ1) is 19.6. The molecule has 0 bridgehead atoms. The number of hydrogen-bond donors (Lipinski definition) is 1. The smallest absolute Gasteiger partial charge is 0.274 e. The molecule has 2 fully saturated rings. The van der Waals surface area contributed by atoms with Gasteiger partial charge in [-0.3, -0.25) is 14.4 Å². The van der Waals surface area contributed by atoms with Gasteiger partial charge in [-0.2, -0.15) is 5.10 Å². The number of nitrogens with zero attached hydrogens (tertiary/aromatic N) is 3. The summed E-state index contributed by atoms with van der Waals surface area (Å²) in [5.74, 6) is -0.105. The van der Waals surface area contributed by atoms with Crippen LogP contribution >= 0.6 is 0 Å². The first-order valence-electron chi connectivity index (χ1n) is 10.5. The number of fused-ring (bicyclic) bond motifs is 1. The van der Waals surface area contributed by atoms with E-state index in [4.69, 9.17) is 0 Å². The van der Waals surface area contributed by atoms with E-state index in [-0.39, 0.29) is 29.2 Å². The number of piperidine rings is 1. The fourth-order valence-electron chi connectivity index (χ4n) is 3.93. The number of nitrogens with one attached hydrogen (secondary N) is 1. The van der Waals surface area contributed by atoms with Crippen molar-refractivity contribution in [3.63, 3.8) is 0 Å². The minimum atomic E-state index is -0.206. The van der Waals surface area contributed by atoms with E-state index >= 15 is 0 Å². The molecule has 1 saturated heterocycles. The SMILES string of the molecule is CC(C)Cn1nc(C(=O)N2CCCC(C(=O)NC3CC3)C2)c2ccccc2c1=O. The molecule has 1 N–H and O–H groups in total. The summed E-state index contributed by atoms with van der Waals surface area (Å²) in [5.41, 5.74) is 0.121. The quantitative estimate of drug-likeness (QED) is 0.840. The summed E-state index contributed by atoms with van der Waals surface area (Å²) in [6.45, 7) is 5.48. The zero-order valence-corrected chi connectivity index (χ0v) is 17.1. The van der Waals surface area contributed by atoms with Crippen LogP contribution in [0.4, 0.5) is 0 Å². The molecule has 0 spiro atoms. The topological polar surface area (TPSA) is 84.3 Å². The third-order valence-electron chi connectivity index (χ3n) is 5.61. The Morgan fingerprint density at radius 3 is 2.59 bits per heavy atom. The molecule has 2 aromatic rings. The lowest BCUT2D eigenvalue weighted by molar-refractivity contribution is -0.126. The van der Waals surface area contributed by atoms with E-state index < -0.39 is 0 Å². The highest BCUT2D eigenvalue weighted by Gasteiger charge is 2.33. The third-order valence-corrected chi connectivity index (χ3v) is 5.61. The molecule has 154 valence electrons. The minimum absolute atomic E-state index is 0.0487. The normalized spacial score (nSPS) is 19.6. The number of rotatable bonds is 5. The number of hydrogen-bond acceptors (Lipinski definition) is 4. The van der Waals surface area contributed by atoms with Crippen molar-refractivity contribution in [1.82, 2.24) is 20.0 Å². The van der Waals surface area contributed by atoms with Crippen LogP contribution in [0.25, 0.3) is 10.8 Å². The second-order valence-electron chi connectivity index (χ2n) is 8.65. The van der Waals surface area contributed by atoms with Gasteiger partial charge in [-0.15, -0.1) is 0 Å². The van der Waals surface area contributed by atoms with E-state index in [9.17, 15) is 14.4 Å². The van der Waals surface area contributed by atoms with E-state index in [1.807, 2.05) is 19.9 Å². The standard InChI is InChI=1S/C22H28N4O3/c1-14(2)12-26-21(28)18-8-4-3-7-17(18)19(24-26)22(29)25-11-5-6-15(13-25)20(27)23-16-9-10-16/h3-4,7-8,14-16H,5-6,9-13H2,1-2H3,(H,23,27). The highest BCUT2D eigenvalue weighted by Crippen LogP contribution is 2.24. The molecule has 4 rings (SSSR count). The Balaban J connectivity index is 1.64. The first-order valence-corrected chi connectivity index (χ1v) is 10.5. The van der Waals surface area contributed by atoms with Gasteiger partial charge in [0.25, 0.3) is 11.5 Å². The van der Waals surface area contributed by atoms with Crippen molar-refractivity contribution in [2.45, 2.75) is 52.1 Å². The molecular weight excluding hydrogens is 368 g/mol. The molecule has 7 nitrogen and oxygen atoms in total. The summed E-state index contributed by atoms with van der Waals surface area (Å²) >= 11 is 0. The molecule has 7 heteroatoms. The molecule has 1 saturated carbocycles. The number of benzene rings is 1. The van der Waals surface area contributed by atoms with Crippen LogP contribution in [0.1, 0.15) is 50.0 Å². The summed E-state index contributed by atoms with van der Waals surface area (Å²) in [7, 11) is 0. The number of amides is 2. The molecule has 1 aromatic heterocycles. The fraction of sp³-hybridized carbons (Fsp3) is 0.545. The van der Waals surface area contributed by atoms with Gasteiger partial charge in [0.15, 0.2) is 5.69 Å². The highest BCUT2D eigenvalue weighted by molar-refractivity contribution is 6.05. The van der Waals surface area contributed by atoms with Gasteiger partial charge in [-0.05, 0) is 37.7 Å². The van der Waals surface area contributed by atoms with Gasteiger partial charge < -0.3 is 10.2 Å². The van der Waals surface area contributed by atoms with Crippen LogP contribution in [0.2, 0.25) is 0 Å². The Kier molecular flexibility index (Phi) is 5.39. The van der Waals surface area contributed by atoms with Crippen molar-refractivity contribution in [3.8, 4) is 0 Å². The molecule has 2 amide bonds. The van der Waals surface area contributed by atoms with E-state index in [1.54, 1.807) is 23.1 Å². The van der Waals surface area contributed by atoms with Crippen LogP contribution < -0.4 is 10.9 Å². The number of aromatic nitrogens is 2. The summed E-state index contributed by atoms with van der Waals surface area (Å²) in [6, 6.07) is 7.46. The van der Waals surface area contributed by atoms with Crippen molar-refractivity contribution in [2.24, 2.45) is 11.8 Å². The maximum atomic E-state index is 13.4. The largest absolute Gasteiger partial charge is 0.353 e. The van der Waals surface area contributed by atoms with Crippen LogP contribution in [0, 0.1) is 11.8 Å². The molecule has 1 atom stereocenters. The lowest BCUT2D eigenvalue weighted by atomic mass is 9.96. The Morgan fingerprint density at radius 1 is 1.17 bits per heavy atom. The highest BCUT2D eigenvalue weighted by atomic mass is 16.2. The molecular formula is C22H28N4O3. The van der Waals surface area contributed by atoms with E-state index in [0.717, 1.165) is 25.7 Å². The zero-order chi connectivity index (χ0) is 20.5. The summed E-state index contributed by atoms with van der Waals surface area (Å²) in [4.78, 5) is 40.4. The van der Waals surface area contributed by atoms with Crippen LogP contribution in [0.15, 0.2) is 29.1 Å². The van der Waals surface area contributed by atoms with Crippen LogP contribution in [0.3, 0.4) is 0 Å². The summed E-state index contributed by atoms with van der Waals surface area (Å²) in [5, 5.41) is 8.59. The van der Waals surface area contributed by atoms with Crippen LogP contribution in [-0.2, 0) is 11.3 Å². The third kappa shape index (κ3) is 4.18. The lowest BCUT2D eigenvalue weighted by Gasteiger charge is -2.32. The second-order valence-corrected chi connectivity index (χ2v) is 8.65. The molecule has 2 heterocycles. The van der Waals surface area contributed by atoms with E-state index in [2.05, 4.69) is 10.4 Å². The predicted octanol–water partition coefficient (Wildman–Crippen LogP) is 2.18. The number of carbonyl (C=O) groups is 2. The van der Waals surface area contributed by atoms with Crippen LogP contribution in [0.5, 0.6) is 0 Å². The first-order chi connectivity index (χ1) is 13.9. The van der Waals surface area contributed by atoms with Crippen molar-refractivity contribution >= 4 is 22.6 Å². The molecule has 0 radical (unpaired) electrons. The summed E-state index contributed by atoms with van der Waals surface area (Å²) < 4.78 is 1.40. The van der Waals surface area contributed by atoms with Gasteiger partial charge in [0.05, 0.1) is 11.3 Å². The van der Waals surface area contributed by atoms with Gasteiger partial charge in [-0.1, -0.05) is 32.0 Å². The van der Waals surface area contributed by atoms with E-state index in [0.29, 0.717) is 42.1 Å². The summed E-state index contributed by atoms with van der Waals surface area (Å²) in [6.07, 6.45) is 3.68. The molecule has 29 heavy (non-hydrogen) atoms. The number of likely N-dealkylation sites (tertiary alicyclic amines) is 1. The Morgan fingerprint density at radius 2 is 1.90 bits per heavy atom. The van der Waals surface area contributed by atoms with Crippen molar-refractivity contribution in [2.75, 3.05) is 13.1 Å². The molecule has 1 aliphatic carbocycles. The molecule has 2 aliphatic rings. The van der Waals surface area contributed by atoms with Crippen molar-refractivity contribution in [3.05, 3.63) is 40.3 Å². The maximum absolute atomic E-state index is 13.4. The van der Waals surface area contributed by atoms with Gasteiger partial charge in [0.1, 0.15) is 0 Å². The second kappa shape index (κ2) is 7.97. The monoisotopic (exact) mass is 396 g/mol. The fourth-order valence-corrected chi connectivity index (χ4v) is 3.93. The van der Waals surface area contributed by atoms with Crippen LogP contribution in [-0.4, -0.2) is 45.6 Å². The lowest BCUT2D eigenvalue weighted by Crippen LogP contribution is -2.46. The predicted molar refractivity (Wildman–Crippen MR) is 111 cm³/mol. The maximum Gasteiger partial charge on any atom is 0.274 e. The Labute approximate surface area is 170 Å². The molecule has 1 aliphatic heterocycles. The molecule has 1 aromatic carbocycles. The van der Waals surface area contributed by atoms with Gasteiger partial charge in [0, 0.05) is 31.1 Å². The Hall–Kier alpha value is -2.70.